The van der Waals surface area contributed by atoms with Gasteiger partial charge in [-0.05, 0) is 18.9 Å². The van der Waals surface area contributed by atoms with E-state index in [1.807, 2.05) is 0 Å². The Bertz CT molecular complexity index is 946. The van der Waals surface area contributed by atoms with Gasteiger partial charge in [-0.15, -0.1) is 0 Å². The highest BCUT2D eigenvalue weighted by Gasteiger charge is 2.36. The van der Waals surface area contributed by atoms with Crippen LogP contribution in [0.15, 0.2) is 35.5 Å². The third-order valence-corrected chi connectivity index (χ3v) is 4.85. The lowest BCUT2D eigenvalue weighted by molar-refractivity contribution is 0.0974. The molecule has 0 atom stereocenters. The average molecular weight is 367 g/mol. The first-order valence-electron chi connectivity index (χ1n) is 8.99. The van der Waals surface area contributed by atoms with Gasteiger partial charge >= 0.3 is 0 Å². The summed E-state index contributed by atoms with van der Waals surface area (Å²) in [5, 5.41) is 33.7. The number of nitrogens with zero attached hydrogens (tertiary/aromatic N) is 1. The molecule has 0 aliphatic heterocycles. The maximum absolute atomic E-state index is 12.9. The standard InChI is InChI=1S/C21H21NO5/c1-2-3-4-5-10-15(22-27)14-11-16(23)17-18(21(14)26)20(25)13-9-7-6-8-12(13)19(17)24/h6-9,11,23,26-27H,2-5,10H2,1H3/b22-15+. The molecule has 0 heterocycles. The molecule has 27 heavy (non-hydrogen) atoms. The van der Waals surface area contributed by atoms with E-state index < -0.39 is 23.1 Å². The number of phenolic OH excluding ortho intramolecular Hbond substituents is 2. The molecule has 0 spiro atoms. The molecule has 0 amide bonds. The molecule has 0 radical (unpaired) electrons. The smallest absolute Gasteiger partial charge is 0.198 e. The number of hydrogen-bond acceptors (Lipinski definition) is 6. The normalized spacial score (nSPS) is 13.4. The van der Waals surface area contributed by atoms with Crippen LogP contribution in [-0.2, 0) is 0 Å². The molecule has 6 heteroatoms. The van der Waals surface area contributed by atoms with Crippen molar-refractivity contribution in [2.24, 2.45) is 5.16 Å². The number of carbonyl (C=O) groups is 2. The Balaban J connectivity index is 2.08. The number of oxime groups is 1. The highest BCUT2D eigenvalue weighted by Crippen LogP contribution is 2.40. The van der Waals surface area contributed by atoms with E-state index in [2.05, 4.69) is 12.1 Å². The minimum absolute atomic E-state index is 0.0609. The summed E-state index contributed by atoms with van der Waals surface area (Å²) in [5.74, 6) is -1.93. The third-order valence-electron chi connectivity index (χ3n) is 4.85. The van der Waals surface area contributed by atoms with Gasteiger partial charge in [-0.25, -0.2) is 0 Å². The van der Waals surface area contributed by atoms with E-state index in [1.54, 1.807) is 12.1 Å². The van der Waals surface area contributed by atoms with E-state index in [0.29, 0.717) is 6.42 Å². The average Bonchev–Trinajstić information content (AvgIpc) is 2.68. The van der Waals surface area contributed by atoms with Gasteiger partial charge in [-0.2, -0.15) is 0 Å². The zero-order valence-corrected chi connectivity index (χ0v) is 15.0. The number of ketones is 2. The molecule has 0 saturated heterocycles. The van der Waals surface area contributed by atoms with E-state index in [-0.39, 0.29) is 33.5 Å². The van der Waals surface area contributed by atoms with E-state index in [0.717, 1.165) is 25.7 Å². The Morgan fingerprint density at radius 2 is 1.59 bits per heavy atom. The SMILES string of the molecule is CCCCCC/C(=N\O)c1cc(O)c2c(c1O)C(=O)c1ccccc1C2=O. The minimum Gasteiger partial charge on any atom is -0.507 e. The Hall–Kier alpha value is -3.15. The maximum Gasteiger partial charge on any atom is 0.198 e. The number of fused-ring (bicyclic) bond motifs is 2. The molecule has 0 bridgehead atoms. The van der Waals surface area contributed by atoms with Crippen LogP contribution >= 0.6 is 0 Å². The molecule has 3 N–H and O–H groups in total. The van der Waals surface area contributed by atoms with Crippen LogP contribution in [0.25, 0.3) is 0 Å². The topological polar surface area (TPSA) is 107 Å². The molecule has 2 aromatic carbocycles. The first-order valence-corrected chi connectivity index (χ1v) is 8.99. The highest BCUT2D eigenvalue weighted by molar-refractivity contribution is 6.31. The lowest BCUT2D eigenvalue weighted by Gasteiger charge is -2.21. The van der Waals surface area contributed by atoms with E-state index in [4.69, 9.17) is 0 Å². The quantitative estimate of drug-likeness (QED) is 0.200. The van der Waals surface area contributed by atoms with Gasteiger partial charge in [0.15, 0.2) is 11.6 Å². The monoisotopic (exact) mass is 367 g/mol. The second-order valence-corrected chi connectivity index (χ2v) is 6.60. The van der Waals surface area contributed by atoms with Crippen molar-refractivity contribution in [2.75, 3.05) is 0 Å². The zero-order chi connectivity index (χ0) is 19.6. The molecule has 1 aliphatic rings. The zero-order valence-electron chi connectivity index (χ0n) is 15.0. The van der Waals surface area contributed by atoms with Crippen molar-refractivity contribution in [2.45, 2.75) is 39.0 Å². The summed E-state index contributed by atoms with van der Waals surface area (Å²) in [7, 11) is 0. The predicted octanol–water partition coefficient (Wildman–Crippen LogP) is 4.02. The van der Waals surface area contributed by atoms with E-state index in [9.17, 15) is 25.0 Å². The number of rotatable bonds is 6. The summed E-state index contributed by atoms with van der Waals surface area (Å²) in [6, 6.07) is 7.46. The number of benzene rings is 2. The lowest BCUT2D eigenvalue weighted by atomic mass is 9.81. The number of unbranched alkanes of at least 4 members (excludes halogenated alkanes) is 3. The summed E-state index contributed by atoms with van der Waals surface area (Å²) in [5.41, 5.74) is 0.124. The van der Waals surface area contributed by atoms with Crippen molar-refractivity contribution >= 4 is 17.3 Å². The second kappa shape index (κ2) is 7.61. The van der Waals surface area contributed by atoms with E-state index in [1.165, 1.54) is 18.2 Å². The fourth-order valence-corrected chi connectivity index (χ4v) is 3.44. The summed E-state index contributed by atoms with van der Waals surface area (Å²) in [6.45, 7) is 2.08. The van der Waals surface area contributed by atoms with Crippen LogP contribution in [0.2, 0.25) is 0 Å². The minimum atomic E-state index is -0.543. The van der Waals surface area contributed by atoms with Gasteiger partial charge in [0.25, 0.3) is 0 Å². The van der Waals surface area contributed by atoms with Crippen molar-refractivity contribution in [1.82, 2.24) is 0 Å². The Labute approximate surface area is 156 Å². The van der Waals surface area contributed by atoms with E-state index >= 15 is 0 Å². The van der Waals surface area contributed by atoms with Crippen LogP contribution in [0.4, 0.5) is 0 Å². The Kier molecular flexibility index (Phi) is 5.26. The summed E-state index contributed by atoms with van der Waals surface area (Å²) < 4.78 is 0. The van der Waals surface area contributed by atoms with Gasteiger partial charge in [0.2, 0.25) is 0 Å². The first-order chi connectivity index (χ1) is 13.0. The van der Waals surface area contributed by atoms with Gasteiger partial charge in [0.1, 0.15) is 11.5 Å². The van der Waals surface area contributed by atoms with Crippen LogP contribution in [0, 0.1) is 0 Å². The van der Waals surface area contributed by atoms with Crippen LogP contribution in [0.1, 0.15) is 76.4 Å². The van der Waals surface area contributed by atoms with Crippen molar-refractivity contribution in [3.8, 4) is 11.5 Å². The lowest BCUT2D eigenvalue weighted by Crippen LogP contribution is -2.22. The molecule has 0 unspecified atom stereocenters. The summed E-state index contributed by atoms with van der Waals surface area (Å²) >= 11 is 0. The van der Waals surface area contributed by atoms with Gasteiger partial charge < -0.3 is 15.4 Å². The van der Waals surface area contributed by atoms with Crippen LogP contribution in [0.3, 0.4) is 0 Å². The van der Waals surface area contributed by atoms with Crippen LogP contribution in [0.5, 0.6) is 11.5 Å². The molecule has 0 aromatic heterocycles. The number of phenols is 2. The van der Waals surface area contributed by atoms with Crippen LogP contribution in [-0.4, -0.2) is 32.7 Å². The third kappa shape index (κ3) is 3.18. The highest BCUT2D eigenvalue weighted by atomic mass is 16.4. The maximum atomic E-state index is 12.9. The van der Waals surface area contributed by atoms with Gasteiger partial charge in [0.05, 0.1) is 16.8 Å². The molecule has 3 rings (SSSR count). The first kappa shape index (κ1) is 18.6. The molecular formula is C21H21NO5. The second-order valence-electron chi connectivity index (χ2n) is 6.60. The molecule has 0 fully saturated rings. The molecule has 6 nitrogen and oxygen atoms in total. The Morgan fingerprint density at radius 3 is 2.19 bits per heavy atom. The fourth-order valence-electron chi connectivity index (χ4n) is 3.44. The number of hydrogen-bond donors (Lipinski definition) is 3. The number of aromatic hydroxyl groups is 2. The van der Waals surface area contributed by atoms with Gasteiger partial charge in [-0.1, -0.05) is 55.6 Å². The van der Waals surface area contributed by atoms with Crippen molar-refractivity contribution < 1.29 is 25.0 Å². The summed E-state index contributed by atoms with van der Waals surface area (Å²) in [4.78, 5) is 25.6. The molecule has 140 valence electrons. The van der Waals surface area contributed by atoms with Gasteiger partial charge in [-0.3, -0.25) is 9.59 Å². The van der Waals surface area contributed by atoms with Gasteiger partial charge in [0, 0.05) is 16.7 Å². The predicted molar refractivity (Wildman–Crippen MR) is 100 cm³/mol. The molecular weight excluding hydrogens is 346 g/mol. The Morgan fingerprint density at radius 1 is 0.963 bits per heavy atom. The van der Waals surface area contributed by atoms with Crippen molar-refractivity contribution in [3.05, 3.63) is 58.1 Å². The van der Waals surface area contributed by atoms with Crippen LogP contribution < -0.4 is 0 Å². The fraction of sp³-hybridized carbons (Fsp3) is 0.286. The molecule has 2 aromatic rings. The summed E-state index contributed by atoms with van der Waals surface area (Å²) in [6.07, 6.45) is 4.12. The van der Waals surface area contributed by atoms with Crippen molar-refractivity contribution in [3.63, 3.8) is 0 Å². The van der Waals surface area contributed by atoms with Crippen molar-refractivity contribution in [1.29, 1.82) is 0 Å². The number of carbonyl (C=O) groups excluding carboxylic acids is 2. The largest absolute Gasteiger partial charge is 0.507 e. The molecule has 0 saturated carbocycles. The molecule has 1 aliphatic carbocycles.